The van der Waals surface area contributed by atoms with Crippen LogP contribution in [0.3, 0.4) is 0 Å². The fourth-order valence-electron chi connectivity index (χ4n) is 2.36. The quantitative estimate of drug-likeness (QED) is 0.870. The van der Waals surface area contributed by atoms with E-state index in [0.29, 0.717) is 22.7 Å². The van der Waals surface area contributed by atoms with Crippen LogP contribution in [0.15, 0.2) is 41.3 Å². The molecule has 2 aromatic carbocycles. The summed E-state index contributed by atoms with van der Waals surface area (Å²) in [6.45, 7) is 4.94. The fourth-order valence-corrected chi connectivity index (χ4v) is 3.71. The SMILES string of the molecule is COc1ccc(S(=O)(=O)Nc2cccc(NC(C)=O)c2)c(C)c1C. The molecular formula is C17H20N2O4S. The maximum absolute atomic E-state index is 12.7. The highest BCUT2D eigenvalue weighted by molar-refractivity contribution is 7.92. The lowest BCUT2D eigenvalue weighted by Crippen LogP contribution is -2.15. The van der Waals surface area contributed by atoms with Gasteiger partial charge in [-0.25, -0.2) is 8.42 Å². The largest absolute Gasteiger partial charge is 0.496 e. The second kappa shape index (κ2) is 6.92. The summed E-state index contributed by atoms with van der Waals surface area (Å²) in [6.07, 6.45) is 0. The fraction of sp³-hybridized carbons (Fsp3) is 0.235. The Hall–Kier alpha value is -2.54. The lowest BCUT2D eigenvalue weighted by molar-refractivity contribution is -0.114. The maximum atomic E-state index is 12.7. The van der Waals surface area contributed by atoms with Crippen molar-refractivity contribution in [3.05, 3.63) is 47.5 Å². The number of carbonyl (C=O) groups excluding carboxylic acids is 1. The van der Waals surface area contributed by atoms with Crippen LogP contribution >= 0.6 is 0 Å². The molecule has 0 aliphatic rings. The predicted molar refractivity (Wildman–Crippen MR) is 94.0 cm³/mol. The molecule has 2 N–H and O–H groups in total. The normalized spacial score (nSPS) is 11.0. The van der Waals surface area contributed by atoms with E-state index in [2.05, 4.69) is 10.0 Å². The molecule has 0 saturated heterocycles. The van der Waals surface area contributed by atoms with Gasteiger partial charge in [-0.05, 0) is 55.3 Å². The molecule has 7 heteroatoms. The molecule has 1 amide bonds. The Bertz CT molecular complexity index is 876. The zero-order chi connectivity index (χ0) is 17.9. The number of rotatable bonds is 5. The van der Waals surface area contributed by atoms with Gasteiger partial charge in [0.2, 0.25) is 5.91 Å². The summed E-state index contributed by atoms with van der Waals surface area (Å²) >= 11 is 0. The summed E-state index contributed by atoms with van der Waals surface area (Å²) in [5, 5.41) is 2.62. The van der Waals surface area contributed by atoms with Gasteiger partial charge in [-0.2, -0.15) is 0 Å². The Morgan fingerprint density at radius 2 is 1.71 bits per heavy atom. The van der Waals surface area contributed by atoms with Crippen molar-refractivity contribution in [3.8, 4) is 5.75 Å². The topological polar surface area (TPSA) is 84.5 Å². The number of hydrogen-bond acceptors (Lipinski definition) is 4. The molecule has 0 fully saturated rings. The van der Waals surface area contributed by atoms with E-state index in [-0.39, 0.29) is 10.8 Å². The van der Waals surface area contributed by atoms with Crippen molar-refractivity contribution in [2.75, 3.05) is 17.1 Å². The monoisotopic (exact) mass is 348 g/mol. The molecule has 0 radical (unpaired) electrons. The Morgan fingerprint density at radius 3 is 2.33 bits per heavy atom. The molecule has 0 saturated carbocycles. The molecule has 128 valence electrons. The molecule has 0 heterocycles. The number of sulfonamides is 1. The van der Waals surface area contributed by atoms with Crippen LogP contribution in [0.4, 0.5) is 11.4 Å². The molecule has 0 aliphatic carbocycles. The zero-order valence-electron chi connectivity index (χ0n) is 14.0. The van der Waals surface area contributed by atoms with Crippen LogP contribution in [0.5, 0.6) is 5.75 Å². The molecule has 0 aromatic heterocycles. The summed E-state index contributed by atoms with van der Waals surface area (Å²) in [6, 6.07) is 9.67. The first-order valence-electron chi connectivity index (χ1n) is 7.29. The summed E-state index contributed by atoms with van der Waals surface area (Å²) in [7, 11) is -2.21. The second-order valence-electron chi connectivity index (χ2n) is 5.38. The van der Waals surface area contributed by atoms with Crippen molar-refractivity contribution < 1.29 is 17.9 Å². The lowest BCUT2D eigenvalue weighted by Gasteiger charge is -2.14. The van der Waals surface area contributed by atoms with Crippen molar-refractivity contribution in [1.29, 1.82) is 0 Å². The lowest BCUT2D eigenvalue weighted by atomic mass is 10.1. The van der Waals surface area contributed by atoms with Crippen LogP contribution in [0.25, 0.3) is 0 Å². The molecule has 2 rings (SSSR count). The van der Waals surface area contributed by atoms with E-state index in [1.165, 1.54) is 13.0 Å². The number of hydrogen-bond donors (Lipinski definition) is 2. The Labute approximate surface area is 141 Å². The third-order valence-corrected chi connectivity index (χ3v) is 5.16. The third-order valence-electron chi connectivity index (χ3n) is 3.63. The molecule has 6 nitrogen and oxygen atoms in total. The van der Waals surface area contributed by atoms with Gasteiger partial charge < -0.3 is 10.1 Å². The third kappa shape index (κ3) is 3.86. The van der Waals surface area contributed by atoms with Crippen LogP contribution in [0, 0.1) is 13.8 Å². The number of amides is 1. The van der Waals surface area contributed by atoms with Gasteiger partial charge in [0.1, 0.15) is 5.75 Å². The molecule has 0 unspecified atom stereocenters. The zero-order valence-corrected chi connectivity index (χ0v) is 14.8. The van der Waals surface area contributed by atoms with Crippen LogP contribution in [0.1, 0.15) is 18.1 Å². The highest BCUT2D eigenvalue weighted by Crippen LogP contribution is 2.28. The number of nitrogens with one attached hydrogen (secondary N) is 2. The highest BCUT2D eigenvalue weighted by atomic mass is 32.2. The summed E-state index contributed by atoms with van der Waals surface area (Å²) < 4.78 is 33.1. The van der Waals surface area contributed by atoms with Crippen molar-refractivity contribution in [2.24, 2.45) is 0 Å². The van der Waals surface area contributed by atoms with Gasteiger partial charge in [0.05, 0.1) is 17.7 Å². The smallest absolute Gasteiger partial charge is 0.262 e. The molecule has 2 aromatic rings. The number of benzene rings is 2. The second-order valence-corrected chi connectivity index (χ2v) is 7.03. The van der Waals surface area contributed by atoms with E-state index in [9.17, 15) is 13.2 Å². The molecule has 0 bridgehead atoms. The van der Waals surface area contributed by atoms with Crippen LogP contribution < -0.4 is 14.8 Å². The molecule has 0 spiro atoms. The average molecular weight is 348 g/mol. The van der Waals surface area contributed by atoms with Crippen molar-refractivity contribution in [2.45, 2.75) is 25.7 Å². The molecule has 0 atom stereocenters. The van der Waals surface area contributed by atoms with Crippen LogP contribution in [-0.4, -0.2) is 21.4 Å². The van der Waals surface area contributed by atoms with Crippen LogP contribution in [0.2, 0.25) is 0 Å². The minimum Gasteiger partial charge on any atom is -0.496 e. The van der Waals surface area contributed by atoms with E-state index in [1.54, 1.807) is 44.4 Å². The van der Waals surface area contributed by atoms with E-state index in [1.807, 2.05) is 6.92 Å². The van der Waals surface area contributed by atoms with E-state index in [4.69, 9.17) is 4.74 Å². The maximum Gasteiger partial charge on any atom is 0.262 e. The molecule has 24 heavy (non-hydrogen) atoms. The van der Waals surface area contributed by atoms with E-state index < -0.39 is 10.0 Å². The Morgan fingerprint density at radius 1 is 1.04 bits per heavy atom. The summed E-state index contributed by atoms with van der Waals surface area (Å²) in [5.41, 5.74) is 2.28. The first-order chi connectivity index (χ1) is 11.2. The number of methoxy groups -OCH3 is 1. The van der Waals surface area contributed by atoms with Crippen molar-refractivity contribution in [3.63, 3.8) is 0 Å². The van der Waals surface area contributed by atoms with Crippen molar-refractivity contribution in [1.82, 2.24) is 0 Å². The highest BCUT2D eigenvalue weighted by Gasteiger charge is 2.19. The van der Waals surface area contributed by atoms with Gasteiger partial charge in [-0.15, -0.1) is 0 Å². The Kier molecular flexibility index (Phi) is 5.14. The van der Waals surface area contributed by atoms with Gasteiger partial charge in [0.15, 0.2) is 0 Å². The molecular weight excluding hydrogens is 328 g/mol. The first kappa shape index (κ1) is 17.8. The minimum atomic E-state index is -3.75. The first-order valence-corrected chi connectivity index (χ1v) is 8.77. The predicted octanol–water partition coefficient (Wildman–Crippen LogP) is 3.07. The average Bonchev–Trinajstić information content (AvgIpc) is 2.49. The summed E-state index contributed by atoms with van der Waals surface area (Å²) in [5.74, 6) is 0.413. The Balaban J connectivity index is 2.36. The number of carbonyl (C=O) groups is 1. The van der Waals surface area contributed by atoms with Gasteiger partial charge >= 0.3 is 0 Å². The van der Waals surface area contributed by atoms with Gasteiger partial charge in [-0.3, -0.25) is 9.52 Å². The van der Waals surface area contributed by atoms with Gasteiger partial charge in [0.25, 0.3) is 10.0 Å². The molecule has 0 aliphatic heterocycles. The van der Waals surface area contributed by atoms with E-state index in [0.717, 1.165) is 5.56 Å². The van der Waals surface area contributed by atoms with Crippen LogP contribution in [-0.2, 0) is 14.8 Å². The standard InChI is InChI=1S/C17H20N2O4S/c1-11-12(2)17(9-8-16(11)23-4)24(21,22)19-15-7-5-6-14(10-15)18-13(3)20/h5-10,19H,1-4H3,(H,18,20). The van der Waals surface area contributed by atoms with E-state index >= 15 is 0 Å². The minimum absolute atomic E-state index is 0.186. The number of anilines is 2. The number of ether oxygens (including phenoxy) is 1. The summed E-state index contributed by atoms with van der Waals surface area (Å²) in [4.78, 5) is 11.3. The van der Waals surface area contributed by atoms with Crippen molar-refractivity contribution >= 4 is 27.3 Å². The van der Waals surface area contributed by atoms with Gasteiger partial charge in [-0.1, -0.05) is 6.07 Å². The van der Waals surface area contributed by atoms with Gasteiger partial charge in [0, 0.05) is 12.6 Å².